The highest BCUT2D eigenvalue weighted by molar-refractivity contribution is 5.86. The van der Waals surface area contributed by atoms with Crippen molar-refractivity contribution in [2.45, 2.75) is 10.8 Å². The fraction of sp³-hybridized carbons (Fsp3) is 0.0286. The second-order valence-electron chi connectivity index (χ2n) is 19.5. The van der Waals surface area contributed by atoms with Gasteiger partial charge in [0.1, 0.15) is 45.3 Å². The molecular weight excluding hydrogens is 933 g/mol. The molecule has 6 nitrogen and oxygen atoms in total. The topological polar surface area (TPSA) is 51.2 Å². The molecule has 0 N–H and O–H groups in total. The predicted molar refractivity (Wildman–Crippen MR) is 302 cm³/mol. The van der Waals surface area contributed by atoms with E-state index in [-0.39, 0.29) is 0 Å². The van der Waals surface area contributed by atoms with E-state index in [2.05, 4.69) is 252 Å². The van der Waals surface area contributed by atoms with Crippen molar-refractivity contribution in [1.29, 1.82) is 0 Å². The zero-order valence-corrected chi connectivity index (χ0v) is 41.1. The molecule has 0 saturated carbocycles. The van der Waals surface area contributed by atoms with E-state index < -0.39 is 10.8 Å². The largest absolute Gasteiger partial charge is 0.457 e. The smallest absolute Gasteiger partial charge is 0.205 e. The number of furan rings is 2. The summed E-state index contributed by atoms with van der Waals surface area (Å²) < 4.78 is 29.9. The molecule has 2 aliphatic heterocycles. The average molecular weight is 979 g/mol. The van der Waals surface area contributed by atoms with Crippen LogP contribution in [0.5, 0.6) is 23.0 Å². The first-order valence-electron chi connectivity index (χ1n) is 25.7. The van der Waals surface area contributed by atoms with Crippen LogP contribution in [-0.2, 0) is 10.8 Å². The summed E-state index contributed by atoms with van der Waals surface area (Å²) in [4.78, 5) is 4.46. The van der Waals surface area contributed by atoms with E-state index >= 15 is 0 Å². The van der Waals surface area contributed by atoms with E-state index in [0.29, 0.717) is 11.8 Å². The maximum absolute atomic E-state index is 7.98. The second-order valence-corrected chi connectivity index (χ2v) is 19.5. The van der Waals surface area contributed by atoms with Gasteiger partial charge in [-0.2, -0.15) is 0 Å². The quantitative estimate of drug-likeness (QED) is 0.151. The number of fused-ring (bicyclic) bond motifs is 14. The number of hydrogen-bond donors (Lipinski definition) is 0. The number of rotatable bonds is 8. The van der Waals surface area contributed by atoms with Gasteiger partial charge in [-0.15, -0.1) is 0 Å². The Morgan fingerprint density at radius 3 is 0.829 bits per heavy atom. The summed E-state index contributed by atoms with van der Waals surface area (Å²) in [5.74, 6) is 5.70. The van der Waals surface area contributed by atoms with E-state index in [9.17, 15) is 0 Å². The van der Waals surface area contributed by atoms with Gasteiger partial charge in [0, 0.05) is 68.3 Å². The highest BCUT2D eigenvalue weighted by atomic mass is 16.5. The number of nitrogens with zero attached hydrogens (tertiary/aromatic N) is 2. The van der Waals surface area contributed by atoms with E-state index in [1.807, 2.05) is 36.4 Å². The van der Waals surface area contributed by atoms with E-state index in [1.54, 1.807) is 0 Å². The van der Waals surface area contributed by atoms with Gasteiger partial charge in [0.05, 0.1) is 0 Å². The van der Waals surface area contributed by atoms with Crippen molar-refractivity contribution in [3.8, 4) is 45.3 Å². The third-order valence-corrected chi connectivity index (χ3v) is 15.5. The van der Waals surface area contributed by atoms with Crippen LogP contribution in [0.2, 0.25) is 0 Å². The molecule has 2 spiro atoms. The molecule has 0 radical (unpaired) electrons. The van der Waals surface area contributed by atoms with Crippen LogP contribution in [0, 0.1) is 0 Å². The van der Waals surface area contributed by atoms with Gasteiger partial charge in [0.15, 0.2) is 0 Å². The molecule has 12 aromatic rings. The summed E-state index contributed by atoms with van der Waals surface area (Å²) in [5.41, 5.74) is 11.7. The maximum atomic E-state index is 7.98. The molecule has 0 unspecified atom stereocenters. The molecule has 0 amide bonds. The summed E-state index contributed by atoms with van der Waals surface area (Å²) in [6.45, 7) is 0. The summed E-state index contributed by atoms with van der Waals surface area (Å²) in [6, 6.07) is 97.5. The lowest BCUT2D eigenvalue weighted by atomic mass is 9.54. The molecule has 0 atom stereocenters. The highest BCUT2D eigenvalue weighted by Crippen LogP contribution is 2.69. The van der Waals surface area contributed by atoms with E-state index in [0.717, 1.165) is 113 Å². The molecule has 6 heteroatoms. The summed E-state index contributed by atoms with van der Waals surface area (Å²) >= 11 is 0. The van der Waals surface area contributed by atoms with Crippen LogP contribution in [0.3, 0.4) is 0 Å². The number of ether oxygens (including phenoxy) is 2. The molecule has 0 bridgehead atoms. The minimum atomic E-state index is -1.12. The maximum Gasteiger partial charge on any atom is 0.205 e. The number of benzene rings is 10. The summed E-state index contributed by atoms with van der Waals surface area (Å²) in [6.07, 6.45) is 0. The molecule has 3 aliphatic rings. The Kier molecular flexibility index (Phi) is 9.91. The van der Waals surface area contributed by atoms with Crippen LogP contribution in [0.15, 0.2) is 288 Å². The Labute approximate surface area is 440 Å². The molecule has 0 saturated heterocycles. The van der Waals surface area contributed by atoms with Gasteiger partial charge in [-0.3, -0.25) is 9.80 Å². The van der Waals surface area contributed by atoms with Gasteiger partial charge in [0.2, 0.25) is 11.8 Å². The normalized spacial score (nSPS) is 13.7. The number of hydrogen-bond acceptors (Lipinski definition) is 6. The van der Waals surface area contributed by atoms with Gasteiger partial charge in [0.25, 0.3) is 0 Å². The van der Waals surface area contributed by atoms with Crippen molar-refractivity contribution >= 4 is 34.5 Å². The lowest BCUT2D eigenvalue weighted by Crippen LogP contribution is -2.46. The molecule has 76 heavy (non-hydrogen) atoms. The van der Waals surface area contributed by atoms with E-state index in [1.165, 1.54) is 0 Å². The zero-order valence-electron chi connectivity index (χ0n) is 41.1. The Balaban J connectivity index is 1.06. The summed E-state index contributed by atoms with van der Waals surface area (Å²) in [5, 5.41) is 0. The fourth-order valence-electron chi connectivity index (χ4n) is 12.2. The standard InChI is InChI=1S/C70H46N2O4/c1-5-21-47(22-6-1)49-37-41-53(42-38-49)71(51-25-9-3-10-26-51)65-45-59-67(75-65)70(57-31-15-19-35-63(57)74-64-36-20-16-32-58(64)70)60-46-66(76-68(60)69(59)55-29-13-17-33-61(55)73-62-34-18-14-30-56(62)69)72(52-27-11-4-12-28-52)54-43-39-50(40-44-54)48-23-7-2-8-24-48/h1-46H. The molecule has 15 rings (SSSR count). The minimum absolute atomic E-state index is 0.639. The molecule has 4 heterocycles. The van der Waals surface area contributed by atoms with Crippen molar-refractivity contribution in [3.05, 3.63) is 324 Å². The van der Waals surface area contributed by atoms with Crippen LogP contribution >= 0.6 is 0 Å². The Bertz CT molecular complexity index is 3700. The molecule has 360 valence electrons. The third-order valence-electron chi connectivity index (χ3n) is 15.5. The van der Waals surface area contributed by atoms with Crippen molar-refractivity contribution in [2.75, 3.05) is 9.80 Å². The average Bonchev–Trinajstić information content (AvgIpc) is 4.26. The van der Waals surface area contributed by atoms with Crippen molar-refractivity contribution in [2.24, 2.45) is 0 Å². The van der Waals surface area contributed by atoms with E-state index in [4.69, 9.17) is 18.3 Å². The van der Waals surface area contributed by atoms with Gasteiger partial charge in [-0.25, -0.2) is 0 Å². The first kappa shape index (κ1) is 43.5. The predicted octanol–water partition coefficient (Wildman–Crippen LogP) is 18.4. The Morgan fingerprint density at radius 1 is 0.237 bits per heavy atom. The van der Waals surface area contributed by atoms with Crippen LogP contribution < -0.4 is 19.3 Å². The van der Waals surface area contributed by atoms with Gasteiger partial charge in [-0.1, -0.05) is 194 Å². The van der Waals surface area contributed by atoms with Crippen LogP contribution in [0.4, 0.5) is 34.5 Å². The fourth-order valence-corrected chi connectivity index (χ4v) is 12.2. The first-order chi connectivity index (χ1) is 37.7. The second kappa shape index (κ2) is 17.3. The lowest BCUT2D eigenvalue weighted by Gasteiger charge is -2.48. The monoisotopic (exact) mass is 978 g/mol. The van der Waals surface area contributed by atoms with Crippen LogP contribution in [-0.4, -0.2) is 0 Å². The van der Waals surface area contributed by atoms with Crippen LogP contribution in [0.25, 0.3) is 22.3 Å². The van der Waals surface area contributed by atoms with Gasteiger partial charge >= 0.3 is 0 Å². The zero-order chi connectivity index (χ0) is 50.2. The van der Waals surface area contributed by atoms with Crippen molar-refractivity contribution in [1.82, 2.24) is 0 Å². The van der Waals surface area contributed by atoms with Gasteiger partial charge in [-0.05, 0) is 95.1 Å². The highest BCUT2D eigenvalue weighted by Gasteiger charge is 2.63. The SMILES string of the molecule is c1ccc(-c2ccc(N(c3ccccc3)c3cc4c(o3)C3(c5ccccc5Oc5ccccc53)c3cc(N(c5ccccc5)c5ccc(-c6ccccc6)cc5)oc3C43c4ccccc4Oc4ccccc43)cc2)cc1. The molecule has 2 aromatic heterocycles. The lowest BCUT2D eigenvalue weighted by molar-refractivity contribution is 0.353. The molecule has 0 fully saturated rings. The summed E-state index contributed by atoms with van der Waals surface area (Å²) in [7, 11) is 0. The molecule has 10 aromatic carbocycles. The van der Waals surface area contributed by atoms with Crippen molar-refractivity contribution in [3.63, 3.8) is 0 Å². The molecule has 1 aliphatic carbocycles. The molecular formula is C70H46N2O4. The van der Waals surface area contributed by atoms with Gasteiger partial charge < -0.3 is 18.3 Å². The third kappa shape index (κ3) is 6.47. The Hall–Kier alpha value is -10.0. The van der Waals surface area contributed by atoms with Crippen molar-refractivity contribution < 1.29 is 18.3 Å². The minimum Gasteiger partial charge on any atom is -0.457 e. The first-order valence-corrected chi connectivity index (χ1v) is 25.7. The van der Waals surface area contributed by atoms with Crippen LogP contribution in [0.1, 0.15) is 44.9 Å². The number of para-hydroxylation sites is 6. The number of anilines is 6. The Morgan fingerprint density at radius 2 is 0.500 bits per heavy atom.